The average molecular weight is 350 g/mol. The number of benzene rings is 1. The highest BCUT2D eigenvalue weighted by Gasteiger charge is 2.27. The molecule has 6 heteroatoms. The molecule has 1 heterocycles. The Morgan fingerprint density at radius 1 is 1.24 bits per heavy atom. The van der Waals surface area contributed by atoms with E-state index in [9.17, 15) is 4.79 Å². The first-order valence-corrected chi connectivity index (χ1v) is 8.84. The predicted octanol–water partition coefficient (Wildman–Crippen LogP) is 2.16. The average Bonchev–Trinajstić information content (AvgIpc) is 3.08. The highest BCUT2D eigenvalue weighted by molar-refractivity contribution is 5.77. The van der Waals surface area contributed by atoms with Gasteiger partial charge in [0.25, 0.3) is 0 Å². The van der Waals surface area contributed by atoms with E-state index in [4.69, 9.17) is 14.2 Å². The molecule has 0 radical (unpaired) electrons. The molecule has 0 aliphatic carbocycles. The Balaban J connectivity index is 2.14. The summed E-state index contributed by atoms with van der Waals surface area (Å²) in [6.07, 6.45) is 2.33. The van der Waals surface area contributed by atoms with Crippen molar-refractivity contribution in [1.82, 2.24) is 9.80 Å². The minimum atomic E-state index is 0.0141. The van der Waals surface area contributed by atoms with Crippen LogP contribution in [0, 0.1) is 0 Å². The maximum absolute atomic E-state index is 12.5. The van der Waals surface area contributed by atoms with Crippen LogP contribution in [0.4, 0.5) is 0 Å². The van der Waals surface area contributed by atoms with Crippen molar-refractivity contribution < 1.29 is 19.0 Å². The van der Waals surface area contributed by atoms with Crippen molar-refractivity contribution in [1.29, 1.82) is 0 Å². The van der Waals surface area contributed by atoms with E-state index < -0.39 is 0 Å². The summed E-state index contributed by atoms with van der Waals surface area (Å²) in [4.78, 5) is 16.9. The normalized spacial score (nSPS) is 17.5. The van der Waals surface area contributed by atoms with Crippen molar-refractivity contribution >= 4 is 5.91 Å². The van der Waals surface area contributed by atoms with Crippen LogP contribution >= 0.6 is 0 Å². The second-order valence-corrected chi connectivity index (χ2v) is 6.32. The van der Waals surface area contributed by atoms with E-state index in [-0.39, 0.29) is 12.5 Å². The van der Waals surface area contributed by atoms with Crippen molar-refractivity contribution in [2.45, 2.75) is 32.4 Å². The van der Waals surface area contributed by atoms with Gasteiger partial charge in [0, 0.05) is 26.2 Å². The van der Waals surface area contributed by atoms with E-state index in [1.165, 1.54) is 6.42 Å². The van der Waals surface area contributed by atoms with Gasteiger partial charge < -0.3 is 19.1 Å². The smallest absolute Gasteiger partial charge is 0.248 e. The van der Waals surface area contributed by atoms with Crippen LogP contribution in [-0.4, -0.2) is 69.3 Å². The standard InChI is InChI=1S/C19H30N2O4/c1-5-20-10-6-7-16(20)13-21(19(22)14-23-2)12-15-8-9-17(24-3)18(11-15)25-4/h8-9,11,16H,5-7,10,12-14H2,1-4H3. The zero-order chi connectivity index (χ0) is 18.2. The van der Waals surface area contributed by atoms with Crippen LogP contribution in [0.2, 0.25) is 0 Å². The lowest BCUT2D eigenvalue weighted by atomic mass is 10.1. The number of hydrogen-bond acceptors (Lipinski definition) is 5. The topological polar surface area (TPSA) is 51.2 Å². The molecule has 0 aromatic heterocycles. The maximum atomic E-state index is 12.5. The van der Waals surface area contributed by atoms with Gasteiger partial charge in [-0.25, -0.2) is 0 Å². The van der Waals surface area contributed by atoms with Crippen molar-refractivity contribution in [3.05, 3.63) is 23.8 Å². The molecular formula is C19H30N2O4. The zero-order valence-corrected chi connectivity index (χ0v) is 15.8. The number of carbonyl (C=O) groups excluding carboxylic acids is 1. The van der Waals surface area contributed by atoms with Gasteiger partial charge in [-0.05, 0) is 43.6 Å². The van der Waals surface area contributed by atoms with E-state index in [0.717, 1.165) is 31.6 Å². The van der Waals surface area contributed by atoms with E-state index in [1.807, 2.05) is 23.1 Å². The summed E-state index contributed by atoms with van der Waals surface area (Å²) in [7, 11) is 4.79. The number of amides is 1. The molecule has 1 unspecified atom stereocenters. The molecule has 25 heavy (non-hydrogen) atoms. The summed E-state index contributed by atoms with van der Waals surface area (Å²) < 4.78 is 15.7. The quantitative estimate of drug-likeness (QED) is 0.683. The van der Waals surface area contributed by atoms with Gasteiger partial charge in [-0.2, -0.15) is 0 Å². The number of nitrogens with zero attached hydrogens (tertiary/aromatic N) is 2. The first-order chi connectivity index (χ1) is 12.1. The molecule has 1 aliphatic rings. The lowest BCUT2D eigenvalue weighted by molar-refractivity contribution is -0.136. The summed E-state index contributed by atoms with van der Waals surface area (Å²) in [6.45, 7) is 5.68. The fourth-order valence-electron chi connectivity index (χ4n) is 3.44. The molecule has 1 aromatic rings. The van der Waals surface area contributed by atoms with E-state index in [1.54, 1.807) is 21.3 Å². The van der Waals surface area contributed by atoms with Crippen molar-refractivity contribution in [2.24, 2.45) is 0 Å². The first kappa shape index (κ1) is 19.5. The molecule has 6 nitrogen and oxygen atoms in total. The molecule has 2 rings (SSSR count). The first-order valence-electron chi connectivity index (χ1n) is 8.84. The second kappa shape index (κ2) is 9.63. The summed E-state index contributed by atoms with van der Waals surface area (Å²) >= 11 is 0. The van der Waals surface area contributed by atoms with E-state index >= 15 is 0 Å². The third-order valence-corrected chi connectivity index (χ3v) is 4.78. The third kappa shape index (κ3) is 5.09. The van der Waals surface area contributed by atoms with Gasteiger partial charge in [0.1, 0.15) is 6.61 Å². The Bertz CT molecular complexity index is 564. The number of methoxy groups -OCH3 is 3. The molecule has 0 spiro atoms. The number of rotatable bonds is 9. The van der Waals surface area contributed by atoms with Crippen molar-refractivity contribution in [3.8, 4) is 11.5 Å². The fraction of sp³-hybridized carbons (Fsp3) is 0.632. The van der Waals surface area contributed by atoms with Crippen LogP contribution in [0.5, 0.6) is 11.5 Å². The molecule has 0 bridgehead atoms. The van der Waals surface area contributed by atoms with Crippen LogP contribution in [0.3, 0.4) is 0 Å². The summed E-state index contributed by atoms with van der Waals surface area (Å²) in [5.74, 6) is 1.38. The molecule has 1 fully saturated rings. The molecule has 1 amide bonds. The van der Waals surface area contributed by atoms with Gasteiger partial charge in [0.05, 0.1) is 14.2 Å². The Morgan fingerprint density at radius 3 is 2.64 bits per heavy atom. The third-order valence-electron chi connectivity index (χ3n) is 4.78. The lowest BCUT2D eigenvalue weighted by Gasteiger charge is -2.30. The minimum Gasteiger partial charge on any atom is -0.493 e. The van der Waals surface area contributed by atoms with E-state index in [2.05, 4.69) is 11.8 Å². The lowest BCUT2D eigenvalue weighted by Crippen LogP contribution is -2.43. The number of hydrogen-bond donors (Lipinski definition) is 0. The van der Waals surface area contributed by atoms with Gasteiger partial charge >= 0.3 is 0 Å². The SMILES string of the molecule is CCN1CCCC1CN(Cc1ccc(OC)c(OC)c1)C(=O)COC. The van der Waals surface area contributed by atoms with E-state index in [0.29, 0.717) is 24.1 Å². The van der Waals surface area contributed by atoms with Gasteiger partial charge in [-0.3, -0.25) is 9.69 Å². The van der Waals surface area contributed by atoms with Gasteiger partial charge in [0.15, 0.2) is 11.5 Å². The highest BCUT2D eigenvalue weighted by Crippen LogP contribution is 2.28. The Kier molecular flexibility index (Phi) is 7.52. The maximum Gasteiger partial charge on any atom is 0.248 e. The number of ether oxygens (including phenoxy) is 3. The predicted molar refractivity (Wildman–Crippen MR) is 97.1 cm³/mol. The van der Waals surface area contributed by atoms with Crippen LogP contribution in [0.15, 0.2) is 18.2 Å². The summed E-state index contributed by atoms with van der Waals surface area (Å²) in [5.41, 5.74) is 1.02. The molecule has 0 saturated carbocycles. The molecule has 1 atom stereocenters. The highest BCUT2D eigenvalue weighted by atomic mass is 16.5. The second-order valence-electron chi connectivity index (χ2n) is 6.32. The zero-order valence-electron chi connectivity index (χ0n) is 15.8. The molecule has 1 saturated heterocycles. The Labute approximate surface area is 150 Å². The molecular weight excluding hydrogens is 320 g/mol. The fourth-order valence-corrected chi connectivity index (χ4v) is 3.44. The Hall–Kier alpha value is -1.79. The molecule has 0 N–H and O–H groups in total. The molecule has 1 aliphatic heterocycles. The van der Waals surface area contributed by atoms with Crippen LogP contribution < -0.4 is 9.47 Å². The number of carbonyl (C=O) groups is 1. The molecule has 1 aromatic carbocycles. The monoisotopic (exact) mass is 350 g/mol. The van der Waals surface area contributed by atoms with Gasteiger partial charge in [-0.1, -0.05) is 13.0 Å². The van der Waals surface area contributed by atoms with Crippen molar-refractivity contribution in [3.63, 3.8) is 0 Å². The van der Waals surface area contributed by atoms with Crippen LogP contribution in [0.1, 0.15) is 25.3 Å². The largest absolute Gasteiger partial charge is 0.493 e. The minimum absolute atomic E-state index is 0.0141. The van der Waals surface area contributed by atoms with Crippen LogP contribution in [-0.2, 0) is 16.1 Å². The number of likely N-dealkylation sites (tertiary alicyclic amines) is 1. The van der Waals surface area contributed by atoms with Crippen LogP contribution in [0.25, 0.3) is 0 Å². The van der Waals surface area contributed by atoms with Gasteiger partial charge in [-0.15, -0.1) is 0 Å². The Morgan fingerprint density at radius 2 is 2.00 bits per heavy atom. The van der Waals surface area contributed by atoms with Gasteiger partial charge in [0.2, 0.25) is 5.91 Å². The van der Waals surface area contributed by atoms with Crippen molar-refractivity contribution in [2.75, 3.05) is 47.6 Å². The summed E-state index contributed by atoms with van der Waals surface area (Å²) in [6, 6.07) is 6.20. The number of likely N-dealkylation sites (N-methyl/N-ethyl adjacent to an activating group) is 1. The molecule has 140 valence electrons. The summed E-state index contributed by atoms with van der Waals surface area (Å²) in [5, 5.41) is 0.